The van der Waals surface area contributed by atoms with Gasteiger partial charge in [0.2, 0.25) is 0 Å². The lowest BCUT2D eigenvalue weighted by Gasteiger charge is -2.14. The Kier molecular flexibility index (Phi) is 4.68. The van der Waals surface area contributed by atoms with Gasteiger partial charge in [0.1, 0.15) is 18.5 Å². The zero-order valence-corrected chi connectivity index (χ0v) is 14.7. The van der Waals surface area contributed by atoms with Gasteiger partial charge in [0.15, 0.2) is 0 Å². The molecule has 120 valence electrons. The second-order valence-corrected chi connectivity index (χ2v) is 6.64. The number of benzene rings is 2. The van der Waals surface area contributed by atoms with E-state index in [4.69, 9.17) is 4.74 Å². The van der Waals surface area contributed by atoms with Crippen LogP contribution in [0.15, 0.2) is 46.9 Å². The number of rotatable bonds is 5. The highest BCUT2D eigenvalue weighted by atomic mass is 79.9. The third-order valence-electron chi connectivity index (χ3n) is 3.70. The first-order valence-corrected chi connectivity index (χ1v) is 8.32. The zero-order chi connectivity index (χ0) is 16.4. The Hall–Kier alpha value is -1.85. The third kappa shape index (κ3) is 3.92. The van der Waals surface area contributed by atoms with E-state index in [2.05, 4.69) is 27.1 Å². The molecule has 0 unspecified atom stereocenters. The van der Waals surface area contributed by atoms with Crippen molar-refractivity contribution >= 4 is 26.7 Å². The lowest BCUT2D eigenvalue weighted by molar-refractivity contribution is 0.0888. The number of hydrogen-bond acceptors (Lipinski definition) is 3. The summed E-state index contributed by atoms with van der Waals surface area (Å²) in [5.41, 5.74) is 1.99. The van der Waals surface area contributed by atoms with Crippen LogP contribution in [-0.4, -0.2) is 27.6 Å². The van der Waals surface area contributed by atoms with Gasteiger partial charge >= 0.3 is 0 Å². The third-order valence-corrected chi connectivity index (χ3v) is 4.20. The molecule has 1 atom stereocenters. The minimum absolute atomic E-state index is 0.236. The fraction of sp³-hybridized carbons (Fsp3) is 0.278. The lowest BCUT2D eigenvalue weighted by Crippen LogP contribution is -2.24. The highest BCUT2D eigenvalue weighted by Gasteiger charge is 2.10. The van der Waals surface area contributed by atoms with E-state index in [1.54, 1.807) is 4.68 Å². The maximum atomic E-state index is 10.2. The SMILES string of the molecule is Cc1cc(C)n(C[C@@H](O)COc2ccc3cc(Br)ccc3c2)n1. The van der Waals surface area contributed by atoms with E-state index in [0.29, 0.717) is 6.54 Å². The molecular weight excluding hydrogens is 356 g/mol. The standard InChI is InChI=1S/C18H19BrN2O2/c1-12-7-13(2)21(20-12)10-17(22)11-23-18-6-4-14-8-16(19)5-3-15(14)9-18/h3-9,17,22H,10-11H2,1-2H3/t17-/m1/s1. The average Bonchev–Trinajstić information content (AvgIpc) is 2.82. The van der Waals surface area contributed by atoms with Crippen molar-refractivity contribution in [1.29, 1.82) is 0 Å². The van der Waals surface area contributed by atoms with Crippen LogP contribution in [0.1, 0.15) is 11.4 Å². The Morgan fingerprint density at radius 2 is 1.87 bits per heavy atom. The molecule has 1 heterocycles. The number of ether oxygens (including phenoxy) is 1. The molecule has 0 spiro atoms. The maximum Gasteiger partial charge on any atom is 0.120 e. The van der Waals surface area contributed by atoms with Gasteiger partial charge in [-0.05, 0) is 55.0 Å². The summed E-state index contributed by atoms with van der Waals surface area (Å²) in [6.45, 7) is 4.59. The van der Waals surface area contributed by atoms with Crippen LogP contribution < -0.4 is 4.74 Å². The molecule has 0 fully saturated rings. The summed E-state index contributed by atoms with van der Waals surface area (Å²) >= 11 is 3.47. The molecule has 1 N–H and O–H groups in total. The summed E-state index contributed by atoms with van der Waals surface area (Å²) in [4.78, 5) is 0. The van der Waals surface area contributed by atoms with Crippen molar-refractivity contribution in [1.82, 2.24) is 9.78 Å². The molecule has 3 rings (SSSR count). The van der Waals surface area contributed by atoms with Crippen molar-refractivity contribution in [3.8, 4) is 5.75 Å². The topological polar surface area (TPSA) is 47.3 Å². The van der Waals surface area contributed by atoms with Crippen LogP contribution >= 0.6 is 15.9 Å². The van der Waals surface area contributed by atoms with Crippen LogP contribution in [-0.2, 0) is 6.54 Å². The summed E-state index contributed by atoms with van der Waals surface area (Å²) < 4.78 is 8.58. The fourth-order valence-electron chi connectivity index (χ4n) is 2.59. The van der Waals surface area contributed by atoms with E-state index in [1.165, 1.54) is 0 Å². The molecule has 4 nitrogen and oxygen atoms in total. The van der Waals surface area contributed by atoms with Gasteiger partial charge in [0.25, 0.3) is 0 Å². The van der Waals surface area contributed by atoms with Crippen molar-refractivity contribution < 1.29 is 9.84 Å². The predicted molar refractivity (Wildman–Crippen MR) is 94.9 cm³/mol. The van der Waals surface area contributed by atoms with E-state index in [1.807, 2.05) is 50.2 Å². The first-order chi connectivity index (χ1) is 11.0. The van der Waals surface area contributed by atoms with Crippen LogP contribution in [0.5, 0.6) is 5.75 Å². The molecular formula is C18H19BrN2O2. The lowest BCUT2D eigenvalue weighted by atomic mass is 10.1. The average molecular weight is 375 g/mol. The Morgan fingerprint density at radius 1 is 1.13 bits per heavy atom. The van der Waals surface area contributed by atoms with Gasteiger partial charge in [-0.2, -0.15) is 5.10 Å². The molecule has 2 aromatic carbocycles. The highest BCUT2D eigenvalue weighted by molar-refractivity contribution is 9.10. The van der Waals surface area contributed by atoms with Crippen LogP contribution in [0.3, 0.4) is 0 Å². The molecule has 0 aliphatic carbocycles. The van der Waals surface area contributed by atoms with Crippen molar-refractivity contribution in [2.24, 2.45) is 0 Å². The van der Waals surface area contributed by atoms with E-state index in [0.717, 1.165) is 32.4 Å². The monoisotopic (exact) mass is 374 g/mol. The minimum Gasteiger partial charge on any atom is -0.491 e. The molecule has 0 aliphatic heterocycles. The number of aromatic nitrogens is 2. The minimum atomic E-state index is -0.603. The molecule has 0 bridgehead atoms. The predicted octanol–water partition coefficient (Wildman–Crippen LogP) is 3.86. The van der Waals surface area contributed by atoms with Gasteiger partial charge in [0.05, 0.1) is 12.2 Å². The second-order valence-electron chi connectivity index (χ2n) is 5.73. The maximum absolute atomic E-state index is 10.2. The second kappa shape index (κ2) is 6.72. The van der Waals surface area contributed by atoms with Gasteiger partial charge in [-0.25, -0.2) is 0 Å². The number of aliphatic hydroxyl groups excluding tert-OH is 1. The Labute approximate surface area is 143 Å². The van der Waals surface area contributed by atoms with Crippen molar-refractivity contribution in [2.75, 3.05) is 6.61 Å². The quantitative estimate of drug-likeness (QED) is 0.737. The number of aryl methyl sites for hydroxylation is 2. The molecule has 5 heteroatoms. The summed E-state index contributed by atoms with van der Waals surface area (Å²) in [5.74, 6) is 0.757. The number of nitrogens with zero attached hydrogens (tertiary/aromatic N) is 2. The molecule has 1 aromatic heterocycles. The molecule has 0 saturated heterocycles. The molecule has 0 saturated carbocycles. The number of halogens is 1. The van der Waals surface area contributed by atoms with E-state index in [-0.39, 0.29) is 6.61 Å². The molecule has 0 amide bonds. The van der Waals surface area contributed by atoms with E-state index >= 15 is 0 Å². The summed E-state index contributed by atoms with van der Waals surface area (Å²) in [5, 5.41) is 16.8. The van der Waals surface area contributed by atoms with Gasteiger partial charge in [-0.3, -0.25) is 4.68 Å². The van der Waals surface area contributed by atoms with Crippen LogP contribution in [0, 0.1) is 13.8 Å². The van der Waals surface area contributed by atoms with Crippen molar-refractivity contribution in [2.45, 2.75) is 26.5 Å². The zero-order valence-electron chi connectivity index (χ0n) is 13.2. The molecule has 0 aliphatic rings. The smallest absolute Gasteiger partial charge is 0.120 e. The molecule has 23 heavy (non-hydrogen) atoms. The van der Waals surface area contributed by atoms with E-state index < -0.39 is 6.10 Å². The Bertz CT molecular complexity index is 829. The first-order valence-electron chi connectivity index (χ1n) is 7.52. The molecule has 0 radical (unpaired) electrons. The summed E-state index contributed by atoms with van der Waals surface area (Å²) in [6, 6.07) is 14.0. The van der Waals surface area contributed by atoms with Gasteiger partial charge in [0, 0.05) is 10.2 Å². The van der Waals surface area contributed by atoms with Gasteiger partial charge < -0.3 is 9.84 Å². The van der Waals surface area contributed by atoms with Gasteiger partial charge in [-0.15, -0.1) is 0 Å². The van der Waals surface area contributed by atoms with Crippen molar-refractivity contribution in [3.63, 3.8) is 0 Å². The normalized spacial score (nSPS) is 12.5. The number of aliphatic hydroxyl groups is 1. The number of hydrogen-bond donors (Lipinski definition) is 1. The fourth-order valence-corrected chi connectivity index (χ4v) is 2.97. The molecule has 3 aromatic rings. The highest BCUT2D eigenvalue weighted by Crippen LogP contribution is 2.24. The summed E-state index contributed by atoms with van der Waals surface area (Å²) in [6.07, 6.45) is -0.603. The van der Waals surface area contributed by atoms with Crippen LogP contribution in [0.25, 0.3) is 10.8 Å². The number of fused-ring (bicyclic) bond motifs is 1. The van der Waals surface area contributed by atoms with E-state index in [9.17, 15) is 5.11 Å². The van der Waals surface area contributed by atoms with Crippen LogP contribution in [0.2, 0.25) is 0 Å². The Morgan fingerprint density at radius 3 is 2.61 bits per heavy atom. The first kappa shape index (κ1) is 16.0. The van der Waals surface area contributed by atoms with Crippen LogP contribution in [0.4, 0.5) is 0 Å². The largest absolute Gasteiger partial charge is 0.491 e. The van der Waals surface area contributed by atoms with Gasteiger partial charge in [-0.1, -0.05) is 28.1 Å². The van der Waals surface area contributed by atoms with Crippen molar-refractivity contribution in [3.05, 3.63) is 58.3 Å². The Balaban J connectivity index is 1.63. The summed E-state index contributed by atoms with van der Waals surface area (Å²) in [7, 11) is 0.